The van der Waals surface area contributed by atoms with E-state index in [0.717, 1.165) is 22.9 Å². The molecule has 3 aromatic rings. The van der Waals surface area contributed by atoms with Gasteiger partial charge in [0, 0.05) is 15.6 Å². The summed E-state index contributed by atoms with van der Waals surface area (Å²) >= 11 is 13.3. The number of hydrogen-bond donors (Lipinski definition) is 0. The number of hydrogen-bond acceptors (Lipinski definition) is 5. The van der Waals surface area contributed by atoms with Crippen LogP contribution in [0.15, 0.2) is 71.6 Å². The van der Waals surface area contributed by atoms with Crippen LogP contribution in [0, 0.1) is 0 Å². The van der Waals surface area contributed by atoms with Gasteiger partial charge in [-0.15, -0.1) is 0 Å². The van der Waals surface area contributed by atoms with Crippen molar-refractivity contribution in [3.8, 4) is 11.5 Å². The van der Waals surface area contributed by atoms with E-state index in [4.69, 9.17) is 32.7 Å². The van der Waals surface area contributed by atoms with Crippen LogP contribution in [0.5, 0.6) is 11.5 Å². The maximum Gasteiger partial charge on any atom is 0.293 e. The highest BCUT2D eigenvalue weighted by molar-refractivity contribution is 8.18. The lowest BCUT2D eigenvalue weighted by atomic mass is 10.1. The lowest BCUT2D eigenvalue weighted by Gasteiger charge is -2.14. The molecule has 1 saturated heterocycles. The van der Waals surface area contributed by atoms with Gasteiger partial charge in [-0.05, 0) is 60.2 Å². The largest absolute Gasteiger partial charge is 0.490 e. The summed E-state index contributed by atoms with van der Waals surface area (Å²) in [5.41, 5.74) is 2.30. The predicted molar refractivity (Wildman–Crippen MR) is 136 cm³/mol. The van der Waals surface area contributed by atoms with Crippen molar-refractivity contribution in [2.45, 2.75) is 20.1 Å². The Morgan fingerprint density at radius 3 is 2.24 bits per heavy atom. The van der Waals surface area contributed by atoms with E-state index in [1.165, 1.54) is 4.90 Å². The Hall–Kier alpha value is -2.93. The molecule has 1 fully saturated rings. The lowest BCUT2D eigenvalue weighted by Crippen LogP contribution is -2.27. The van der Waals surface area contributed by atoms with Crippen molar-refractivity contribution in [2.75, 3.05) is 6.61 Å². The molecular formula is C26H21Cl2NO4S. The van der Waals surface area contributed by atoms with Gasteiger partial charge in [0.05, 0.1) is 18.1 Å². The van der Waals surface area contributed by atoms with Crippen molar-refractivity contribution in [1.82, 2.24) is 4.90 Å². The molecule has 2 amide bonds. The molecule has 3 aromatic carbocycles. The topological polar surface area (TPSA) is 55.8 Å². The lowest BCUT2D eigenvalue weighted by molar-refractivity contribution is -0.123. The van der Waals surface area contributed by atoms with Crippen LogP contribution in [0.2, 0.25) is 10.0 Å². The molecule has 0 atom stereocenters. The van der Waals surface area contributed by atoms with Gasteiger partial charge in [0.1, 0.15) is 6.61 Å². The molecule has 5 nitrogen and oxygen atoms in total. The molecule has 0 N–H and O–H groups in total. The van der Waals surface area contributed by atoms with Crippen molar-refractivity contribution >= 4 is 52.2 Å². The molecule has 0 bridgehead atoms. The summed E-state index contributed by atoms with van der Waals surface area (Å²) in [6.07, 6.45) is 1.68. The van der Waals surface area contributed by atoms with Gasteiger partial charge in [-0.1, -0.05) is 65.7 Å². The Labute approximate surface area is 212 Å². The number of thioether (sulfide) groups is 1. The summed E-state index contributed by atoms with van der Waals surface area (Å²) in [6.45, 7) is 2.74. The second-order valence-electron chi connectivity index (χ2n) is 7.38. The van der Waals surface area contributed by atoms with Crippen molar-refractivity contribution in [3.05, 3.63) is 98.4 Å². The molecule has 0 radical (unpaired) electrons. The SMILES string of the molecule is CCOc1cc(/C=C2\SC(=O)N(Cc3ccccc3Cl)C2=O)ccc1OCc1ccccc1Cl. The first-order valence-corrected chi connectivity index (χ1v) is 12.2. The van der Waals surface area contributed by atoms with Gasteiger partial charge in [-0.3, -0.25) is 14.5 Å². The van der Waals surface area contributed by atoms with E-state index in [2.05, 4.69) is 0 Å². The molecule has 8 heteroatoms. The zero-order chi connectivity index (χ0) is 24.1. The van der Waals surface area contributed by atoms with E-state index in [-0.39, 0.29) is 17.7 Å². The van der Waals surface area contributed by atoms with Crippen LogP contribution in [0.1, 0.15) is 23.6 Å². The van der Waals surface area contributed by atoms with Crippen LogP contribution in [-0.2, 0) is 17.9 Å². The Balaban J connectivity index is 1.52. The van der Waals surface area contributed by atoms with E-state index in [1.54, 1.807) is 36.4 Å². The summed E-state index contributed by atoms with van der Waals surface area (Å²) < 4.78 is 11.7. The van der Waals surface area contributed by atoms with Crippen LogP contribution < -0.4 is 9.47 Å². The summed E-state index contributed by atoms with van der Waals surface area (Å²) in [4.78, 5) is 26.9. The van der Waals surface area contributed by atoms with Crippen molar-refractivity contribution < 1.29 is 19.1 Å². The molecule has 0 unspecified atom stereocenters. The van der Waals surface area contributed by atoms with Crippen LogP contribution in [-0.4, -0.2) is 22.7 Å². The molecule has 0 spiro atoms. The third-order valence-electron chi connectivity index (χ3n) is 5.07. The molecule has 1 aliphatic rings. The molecule has 0 saturated carbocycles. The van der Waals surface area contributed by atoms with E-state index < -0.39 is 0 Å². The average molecular weight is 514 g/mol. The molecule has 1 aliphatic heterocycles. The third-order valence-corrected chi connectivity index (χ3v) is 6.71. The number of nitrogens with zero attached hydrogens (tertiary/aromatic N) is 1. The normalized spacial score (nSPS) is 14.7. The van der Waals surface area contributed by atoms with Crippen LogP contribution >= 0.6 is 35.0 Å². The predicted octanol–water partition coefficient (Wildman–Crippen LogP) is 7.21. The van der Waals surface area contributed by atoms with Crippen LogP contribution in [0.4, 0.5) is 4.79 Å². The number of benzene rings is 3. The Bertz CT molecular complexity index is 1260. The minimum Gasteiger partial charge on any atom is -0.490 e. The first-order valence-electron chi connectivity index (χ1n) is 10.6. The van der Waals surface area contributed by atoms with E-state index in [9.17, 15) is 9.59 Å². The van der Waals surface area contributed by atoms with Gasteiger partial charge in [0.15, 0.2) is 11.5 Å². The maximum atomic E-state index is 12.9. The van der Waals surface area contributed by atoms with Crippen molar-refractivity contribution in [2.24, 2.45) is 0 Å². The molecule has 34 heavy (non-hydrogen) atoms. The molecule has 1 heterocycles. The first-order chi connectivity index (χ1) is 16.5. The fraction of sp³-hybridized carbons (Fsp3) is 0.154. The first kappa shape index (κ1) is 24.2. The summed E-state index contributed by atoms with van der Waals surface area (Å²) in [5, 5.41) is 0.810. The average Bonchev–Trinajstić information content (AvgIpc) is 3.08. The standard InChI is InChI=1S/C26H21Cl2NO4S/c1-2-32-23-13-17(11-12-22(23)33-16-19-8-4-6-10-21(19)28)14-24-25(30)29(26(31)34-24)15-18-7-3-5-9-20(18)27/h3-14H,2,15-16H2,1H3/b24-14-. The highest BCUT2D eigenvalue weighted by atomic mass is 35.5. The molecule has 4 rings (SSSR count). The Morgan fingerprint density at radius 2 is 1.56 bits per heavy atom. The number of rotatable bonds is 8. The van der Waals surface area contributed by atoms with Gasteiger partial charge >= 0.3 is 0 Å². The van der Waals surface area contributed by atoms with E-state index >= 15 is 0 Å². The van der Waals surface area contributed by atoms with Gasteiger partial charge in [-0.2, -0.15) is 0 Å². The Kier molecular flexibility index (Phi) is 7.83. The van der Waals surface area contributed by atoms with Crippen LogP contribution in [0.25, 0.3) is 6.08 Å². The molecule has 0 aromatic heterocycles. The monoisotopic (exact) mass is 513 g/mol. The highest BCUT2D eigenvalue weighted by Gasteiger charge is 2.35. The summed E-state index contributed by atoms with van der Waals surface area (Å²) in [5.74, 6) is 0.747. The third kappa shape index (κ3) is 5.58. The highest BCUT2D eigenvalue weighted by Crippen LogP contribution is 2.36. The van der Waals surface area contributed by atoms with E-state index in [0.29, 0.717) is 45.2 Å². The minimum atomic E-state index is -0.355. The fourth-order valence-corrected chi connectivity index (χ4v) is 4.58. The van der Waals surface area contributed by atoms with Gasteiger partial charge < -0.3 is 9.47 Å². The van der Waals surface area contributed by atoms with Gasteiger partial charge in [0.2, 0.25) is 0 Å². The maximum absolute atomic E-state index is 12.9. The number of carbonyl (C=O) groups is 2. The number of amides is 2. The Morgan fingerprint density at radius 1 is 0.882 bits per heavy atom. The number of carbonyl (C=O) groups excluding carboxylic acids is 2. The van der Waals surface area contributed by atoms with Crippen molar-refractivity contribution in [3.63, 3.8) is 0 Å². The second kappa shape index (κ2) is 11.0. The number of imide groups is 1. The fourth-order valence-electron chi connectivity index (χ4n) is 3.36. The zero-order valence-corrected chi connectivity index (χ0v) is 20.6. The number of ether oxygens (including phenoxy) is 2. The van der Waals surface area contributed by atoms with Crippen LogP contribution in [0.3, 0.4) is 0 Å². The van der Waals surface area contributed by atoms with Gasteiger partial charge in [0.25, 0.3) is 11.1 Å². The van der Waals surface area contributed by atoms with Crippen molar-refractivity contribution in [1.29, 1.82) is 0 Å². The van der Waals surface area contributed by atoms with Gasteiger partial charge in [-0.25, -0.2) is 0 Å². The quantitative estimate of drug-likeness (QED) is 0.298. The summed E-state index contributed by atoms with van der Waals surface area (Å²) in [7, 11) is 0. The zero-order valence-electron chi connectivity index (χ0n) is 18.3. The number of halogens is 2. The summed E-state index contributed by atoms with van der Waals surface area (Å²) in [6, 6.07) is 20.0. The second-order valence-corrected chi connectivity index (χ2v) is 9.19. The molecule has 174 valence electrons. The molecular weight excluding hydrogens is 493 g/mol. The van der Waals surface area contributed by atoms with E-state index in [1.807, 2.05) is 43.3 Å². The smallest absolute Gasteiger partial charge is 0.293 e. The molecule has 0 aliphatic carbocycles. The minimum absolute atomic E-state index is 0.126.